The number of guanidine groups is 1. The molecule has 0 atom stereocenters. The number of benzene rings is 1. The van der Waals surface area contributed by atoms with Gasteiger partial charge in [0.15, 0.2) is 5.96 Å². The number of hydrogen-bond donors (Lipinski definition) is 1. The third kappa shape index (κ3) is 10.2. The molecule has 0 aliphatic carbocycles. The summed E-state index contributed by atoms with van der Waals surface area (Å²) < 4.78 is 10.7. The SMILES string of the molecule is CN=C(NCCCCCOC)N(C)CCOc1ccc(Cl)cc1.I. The molecule has 138 valence electrons. The van der Waals surface area contributed by atoms with E-state index in [-0.39, 0.29) is 24.0 Å². The van der Waals surface area contributed by atoms with E-state index in [0.29, 0.717) is 11.6 Å². The van der Waals surface area contributed by atoms with Crippen LogP contribution in [-0.2, 0) is 4.74 Å². The number of likely N-dealkylation sites (N-methyl/N-ethyl adjacent to an activating group) is 1. The maximum atomic E-state index is 5.85. The Labute approximate surface area is 167 Å². The Morgan fingerprint density at radius 3 is 2.50 bits per heavy atom. The topological polar surface area (TPSA) is 46.1 Å². The molecule has 1 aromatic carbocycles. The summed E-state index contributed by atoms with van der Waals surface area (Å²) in [6.07, 6.45) is 3.36. The summed E-state index contributed by atoms with van der Waals surface area (Å²) in [5, 5.41) is 4.08. The summed E-state index contributed by atoms with van der Waals surface area (Å²) in [6, 6.07) is 7.39. The first-order valence-electron chi connectivity index (χ1n) is 7.96. The minimum absolute atomic E-state index is 0. The normalized spacial score (nSPS) is 10.9. The Kier molecular flexibility index (Phi) is 14.2. The van der Waals surface area contributed by atoms with Crippen LogP contribution in [-0.4, -0.2) is 58.4 Å². The van der Waals surface area contributed by atoms with E-state index in [0.717, 1.165) is 50.7 Å². The van der Waals surface area contributed by atoms with Gasteiger partial charge in [0.2, 0.25) is 0 Å². The molecule has 0 unspecified atom stereocenters. The van der Waals surface area contributed by atoms with Gasteiger partial charge in [-0.2, -0.15) is 0 Å². The predicted octanol–water partition coefficient (Wildman–Crippen LogP) is 3.66. The molecular weight excluding hydrogens is 441 g/mol. The van der Waals surface area contributed by atoms with E-state index in [1.165, 1.54) is 0 Å². The third-order valence-electron chi connectivity index (χ3n) is 3.39. The number of nitrogens with one attached hydrogen (secondary N) is 1. The fraction of sp³-hybridized carbons (Fsp3) is 0.588. The zero-order valence-electron chi connectivity index (χ0n) is 14.8. The Morgan fingerprint density at radius 1 is 1.17 bits per heavy atom. The molecule has 1 rings (SSSR count). The highest BCUT2D eigenvalue weighted by molar-refractivity contribution is 14.0. The molecule has 0 aliphatic heterocycles. The van der Waals surface area contributed by atoms with Crippen LogP contribution in [0.1, 0.15) is 19.3 Å². The van der Waals surface area contributed by atoms with Gasteiger partial charge in [-0.3, -0.25) is 4.99 Å². The molecule has 0 aliphatic rings. The van der Waals surface area contributed by atoms with Crippen LogP contribution >= 0.6 is 35.6 Å². The third-order valence-corrected chi connectivity index (χ3v) is 3.64. The number of unbranched alkanes of at least 4 members (excludes halogenated alkanes) is 2. The monoisotopic (exact) mass is 469 g/mol. The van der Waals surface area contributed by atoms with Gasteiger partial charge in [0.25, 0.3) is 0 Å². The average Bonchev–Trinajstić information content (AvgIpc) is 2.56. The molecule has 24 heavy (non-hydrogen) atoms. The zero-order valence-corrected chi connectivity index (χ0v) is 17.8. The summed E-state index contributed by atoms with van der Waals surface area (Å²) in [5.74, 6) is 1.71. The van der Waals surface area contributed by atoms with Crippen molar-refractivity contribution in [2.24, 2.45) is 4.99 Å². The van der Waals surface area contributed by atoms with Crippen LogP contribution in [0.15, 0.2) is 29.3 Å². The second kappa shape index (κ2) is 14.6. The summed E-state index contributed by atoms with van der Waals surface area (Å²) in [5.41, 5.74) is 0. The lowest BCUT2D eigenvalue weighted by molar-refractivity contribution is 0.192. The zero-order chi connectivity index (χ0) is 16.9. The van der Waals surface area contributed by atoms with Crippen molar-refractivity contribution in [2.45, 2.75) is 19.3 Å². The van der Waals surface area contributed by atoms with E-state index < -0.39 is 0 Å². The van der Waals surface area contributed by atoms with Crippen LogP contribution in [0.25, 0.3) is 0 Å². The van der Waals surface area contributed by atoms with Crippen LogP contribution in [0.3, 0.4) is 0 Å². The van der Waals surface area contributed by atoms with E-state index in [9.17, 15) is 0 Å². The van der Waals surface area contributed by atoms with Gasteiger partial charge in [-0.05, 0) is 43.5 Å². The first kappa shape index (κ1) is 23.3. The summed E-state index contributed by atoms with van der Waals surface area (Å²) in [4.78, 5) is 6.35. The number of aliphatic imine (C=N–C) groups is 1. The van der Waals surface area contributed by atoms with Gasteiger partial charge in [-0.25, -0.2) is 0 Å². The standard InChI is InChI=1S/C17H28ClN3O2.HI/c1-19-17(20-11-5-4-6-13-22-3)21(2)12-14-23-16-9-7-15(18)8-10-16;/h7-10H,4-6,11-14H2,1-3H3,(H,19,20);1H. The quantitative estimate of drug-likeness (QED) is 0.246. The number of ether oxygens (including phenoxy) is 2. The molecule has 5 nitrogen and oxygen atoms in total. The molecule has 0 heterocycles. The van der Waals surface area contributed by atoms with Crippen LogP contribution in [0.2, 0.25) is 5.02 Å². The van der Waals surface area contributed by atoms with Crippen molar-refractivity contribution >= 4 is 41.5 Å². The summed E-state index contributed by atoms with van der Waals surface area (Å²) >= 11 is 5.85. The number of halogens is 2. The van der Waals surface area contributed by atoms with Gasteiger partial charge in [0.05, 0.1) is 6.54 Å². The van der Waals surface area contributed by atoms with Crippen LogP contribution < -0.4 is 10.1 Å². The highest BCUT2D eigenvalue weighted by atomic mass is 127. The van der Waals surface area contributed by atoms with Crippen molar-refractivity contribution in [3.8, 4) is 5.75 Å². The van der Waals surface area contributed by atoms with Gasteiger partial charge >= 0.3 is 0 Å². The largest absolute Gasteiger partial charge is 0.492 e. The minimum atomic E-state index is 0. The van der Waals surface area contributed by atoms with Gasteiger partial charge in [-0.1, -0.05) is 11.6 Å². The fourth-order valence-electron chi connectivity index (χ4n) is 2.07. The lowest BCUT2D eigenvalue weighted by Gasteiger charge is -2.22. The number of hydrogen-bond acceptors (Lipinski definition) is 3. The van der Waals surface area contributed by atoms with Crippen molar-refractivity contribution in [3.63, 3.8) is 0 Å². The first-order chi connectivity index (χ1) is 11.2. The summed E-state index contributed by atoms with van der Waals surface area (Å²) in [6.45, 7) is 3.09. The number of rotatable bonds is 10. The Hall–Kier alpha value is -0.730. The van der Waals surface area contributed by atoms with Gasteiger partial charge in [0, 0.05) is 39.4 Å². The molecule has 0 saturated heterocycles. The molecule has 1 N–H and O–H groups in total. The highest BCUT2D eigenvalue weighted by Crippen LogP contribution is 2.15. The fourth-order valence-corrected chi connectivity index (χ4v) is 2.20. The minimum Gasteiger partial charge on any atom is -0.492 e. The van der Waals surface area contributed by atoms with Gasteiger partial charge < -0.3 is 19.7 Å². The van der Waals surface area contributed by atoms with Gasteiger partial charge in [-0.15, -0.1) is 24.0 Å². The van der Waals surface area contributed by atoms with Crippen LogP contribution in [0.4, 0.5) is 0 Å². The molecule has 0 bridgehead atoms. The maximum absolute atomic E-state index is 5.85. The van der Waals surface area contributed by atoms with E-state index in [4.69, 9.17) is 21.1 Å². The Morgan fingerprint density at radius 2 is 1.88 bits per heavy atom. The van der Waals surface area contributed by atoms with E-state index in [1.807, 2.05) is 31.3 Å². The predicted molar refractivity (Wildman–Crippen MR) is 112 cm³/mol. The average molecular weight is 470 g/mol. The smallest absolute Gasteiger partial charge is 0.193 e. The molecule has 1 aromatic rings. The van der Waals surface area contributed by atoms with Crippen molar-refractivity contribution in [1.82, 2.24) is 10.2 Å². The Balaban J connectivity index is 0.00000529. The van der Waals surface area contributed by atoms with Crippen molar-refractivity contribution < 1.29 is 9.47 Å². The van der Waals surface area contributed by atoms with Crippen LogP contribution in [0, 0.1) is 0 Å². The molecule has 0 fully saturated rings. The highest BCUT2D eigenvalue weighted by Gasteiger charge is 2.05. The molecular formula is C17H29ClIN3O2. The van der Waals surface area contributed by atoms with E-state index in [1.54, 1.807) is 14.2 Å². The van der Waals surface area contributed by atoms with Crippen LogP contribution in [0.5, 0.6) is 5.75 Å². The second-order valence-electron chi connectivity index (χ2n) is 5.25. The molecule has 0 saturated carbocycles. The molecule has 0 radical (unpaired) electrons. The van der Waals surface area contributed by atoms with Gasteiger partial charge in [0.1, 0.15) is 12.4 Å². The summed E-state index contributed by atoms with van der Waals surface area (Å²) in [7, 11) is 5.54. The first-order valence-corrected chi connectivity index (χ1v) is 8.34. The molecule has 7 heteroatoms. The van der Waals surface area contributed by atoms with Crippen molar-refractivity contribution in [1.29, 1.82) is 0 Å². The Bertz CT molecular complexity index is 458. The lowest BCUT2D eigenvalue weighted by atomic mass is 10.2. The second-order valence-corrected chi connectivity index (χ2v) is 5.69. The molecule has 0 spiro atoms. The van der Waals surface area contributed by atoms with E-state index in [2.05, 4.69) is 15.2 Å². The van der Waals surface area contributed by atoms with Crippen molar-refractivity contribution in [3.05, 3.63) is 29.3 Å². The number of nitrogens with zero attached hydrogens (tertiary/aromatic N) is 2. The number of methoxy groups -OCH3 is 1. The van der Waals surface area contributed by atoms with Crippen molar-refractivity contribution in [2.75, 3.05) is 47.5 Å². The maximum Gasteiger partial charge on any atom is 0.193 e. The molecule has 0 amide bonds. The lowest BCUT2D eigenvalue weighted by Crippen LogP contribution is -2.41. The van der Waals surface area contributed by atoms with E-state index >= 15 is 0 Å². The molecule has 0 aromatic heterocycles.